The summed E-state index contributed by atoms with van der Waals surface area (Å²) in [5.74, 6) is -0.243. The Kier molecular flexibility index (Phi) is 4.52. The molecule has 1 aromatic rings. The zero-order valence-electron chi connectivity index (χ0n) is 11.0. The first-order valence-corrected chi connectivity index (χ1v) is 6.55. The number of hydrogen-bond donors (Lipinski definition) is 3. The molecule has 2 rings (SSSR count). The van der Waals surface area contributed by atoms with E-state index in [0.717, 1.165) is 19.4 Å². The van der Waals surface area contributed by atoms with Gasteiger partial charge in [-0.3, -0.25) is 9.59 Å². The monoisotopic (exact) mass is 261 g/mol. The van der Waals surface area contributed by atoms with Crippen LogP contribution in [0.15, 0.2) is 24.3 Å². The molecule has 1 aliphatic heterocycles. The number of piperidine rings is 1. The van der Waals surface area contributed by atoms with Crippen LogP contribution >= 0.6 is 0 Å². The highest BCUT2D eigenvalue weighted by atomic mass is 16.2. The maximum absolute atomic E-state index is 12.1. The summed E-state index contributed by atoms with van der Waals surface area (Å²) in [6.07, 6.45) is 1.90. The molecule has 19 heavy (non-hydrogen) atoms. The van der Waals surface area contributed by atoms with Crippen LogP contribution in [0.4, 0.5) is 5.69 Å². The first-order valence-electron chi connectivity index (χ1n) is 6.55. The Morgan fingerprint density at radius 2 is 2.11 bits per heavy atom. The van der Waals surface area contributed by atoms with Crippen molar-refractivity contribution < 1.29 is 9.59 Å². The molecule has 0 spiro atoms. The Morgan fingerprint density at radius 3 is 2.79 bits per heavy atom. The molecule has 5 nitrogen and oxygen atoms in total. The lowest BCUT2D eigenvalue weighted by Gasteiger charge is -2.22. The van der Waals surface area contributed by atoms with Crippen LogP contribution in [-0.2, 0) is 4.79 Å². The summed E-state index contributed by atoms with van der Waals surface area (Å²) in [5, 5.41) is 8.64. The fraction of sp³-hybridized carbons (Fsp3) is 0.429. The molecule has 2 amide bonds. The van der Waals surface area contributed by atoms with Crippen molar-refractivity contribution in [1.29, 1.82) is 0 Å². The van der Waals surface area contributed by atoms with Crippen molar-refractivity contribution in [3.05, 3.63) is 29.8 Å². The molecule has 1 atom stereocenters. The lowest BCUT2D eigenvalue weighted by Crippen LogP contribution is -2.37. The summed E-state index contributed by atoms with van der Waals surface area (Å²) in [7, 11) is 1.58. The number of para-hydroxylation sites is 1. The summed E-state index contributed by atoms with van der Waals surface area (Å²) in [6.45, 7) is 1.67. The van der Waals surface area contributed by atoms with Gasteiger partial charge in [0.1, 0.15) is 0 Å². The van der Waals surface area contributed by atoms with Crippen LogP contribution in [0.5, 0.6) is 0 Å². The average molecular weight is 261 g/mol. The van der Waals surface area contributed by atoms with Crippen LogP contribution in [0.2, 0.25) is 0 Å². The second-order valence-corrected chi connectivity index (χ2v) is 4.66. The molecule has 1 heterocycles. The van der Waals surface area contributed by atoms with Crippen LogP contribution in [-0.4, -0.2) is 32.0 Å². The summed E-state index contributed by atoms with van der Waals surface area (Å²) in [5.41, 5.74) is 1.06. The van der Waals surface area contributed by atoms with Gasteiger partial charge in [-0.25, -0.2) is 0 Å². The van der Waals surface area contributed by atoms with Gasteiger partial charge in [0.05, 0.1) is 17.2 Å². The van der Waals surface area contributed by atoms with Gasteiger partial charge in [0.2, 0.25) is 5.91 Å². The summed E-state index contributed by atoms with van der Waals surface area (Å²) < 4.78 is 0. The highest BCUT2D eigenvalue weighted by molar-refractivity contribution is 6.04. The first-order chi connectivity index (χ1) is 9.22. The fourth-order valence-corrected chi connectivity index (χ4v) is 2.24. The Labute approximate surface area is 112 Å². The largest absolute Gasteiger partial charge is 0.355 e. The van der Waals surface area contributed by atoms with E-state index in [0.29, 0.717) is 17.8 Å². The van der Waals surface area contributed by atoms with Gasteiger partial charge in [-0.15, -0.1) is 0 Å². The summed E-state index contributed by atoms with van der Waals surface area (Å²) >= 11 is 0. The molecule has 1 aliphatic rings. The summed E-state index contributed by atoms with van der Waals surface area (Å²) in [6, 6.07) is 7.04. The molecule has 1 saturated heterocycles. The van der Waals surface area contributed by atoms with Gasteiger partial charge in [0.15, 0.2) is 0 Å². The number of hydrogen-bond acceptors (Lipinski definition) is 3. The third kappa shape index (κ3) is 3.32. The van der Waals surface area contributed by atoms with Gasteiger partial charge in [-0.05, 0) is 31.5 Å². The number of amides is 2. The van der Waals surface area contributed by atoms with Crippen LogP contribution in [0.3, 0.4) is 0 Å². The Balaban J connectivity index is 2.09. The molecule has 0 aromatic heterocycles. The van der Waals surface area contributed by atoms with Gasteiger partial charge in [0, 0.05) is 13.6 Å². The number of nitrogens with one attached hydrogen (secondary N) is 3. The minimum atomic E-state index is -0.197. The van der Waals surface area contributed by atoms with Crippen LogP contribution in [0.1, 0.15) is 23.2 Å². The van der Waals surface area contributed by atoms with Crippen molar-refractivity contribution in [3.8, 4) is 0 Å². The Hall–Kier alpha value is -1.88. The van der Waals surface area contributed by atoms with Gasteiger partial charge >= 0.3 is 0 Å². The fourth-order valence-electron chi connectivity index (χ4n) is 2.24. The highest BCUT2D eigenvalue weighted by Gasteiger charge is 2.22. The molecule has 102 valence electrons. The number of anilines is 1. The van der Waals surface area contributed by atoms with E-state index < -0.39 is 0 Å². The highest BCUT2D eigenvalue weighted by Crippen LogP contribution is 2.18. The molecule has 0 saturated carbocycles. The van der Waals surface area contributed by atoms with Crippen molar-refractivity contribution in [2.75, 3.05) is 25.5 Å². The quantitative estimate of drug-likeness (QED) is 0.759. The molecule has 3 N–H and O–H groups in total. The van der Waals surface area contributed by atoms with Crippen LogP contribution < -0.4 is 16.0 Å². The van der Waals surface area contributed by atoms with E-state index in [1.54, 1.807) is 31.3 Å². The van der Waals surface area contributed by atoms with Crippen molar-refractivity contribution in [2.45, 2.75) is 12.8 Å². The van der Waals surface area contributed by atoms with E-state index in [4.69, 9.17) is 0 Å². The topological polar surface area (TPSA) is 70.2 Å². The molecule has 0 radical (unpaired) electrons. The van der Waals surface area contributed by atoms with E-state index in [1.807, 2.05) is 0 Å². The number of rotatable bonds is 3. The van der Waals surface area contributed by atoms with Crippen LogP contribution in [0, 0.1) is 5.92 Å². The molecule has 0 unspecified atom stereocenters. The van der Waals surface area contributed by atoms with E-state index in [1.165, 1.54) is 0 Å². The molecule has 5 heteroatoms. The third-order valence-corrected chi connectivity index (χ3v) is 3.32. The standard InChI is InChI=1S/C14H19N3O2/c1-15-14(19)11-6-2-3-7-12(11)17-13(18)10-5-4-8-16-9-10/h2-3,6-7,10,16H,4-5,8-9H2,1H3,(H,15,19)(H,17,18)/t10-/m0/s1. The van der Waals surface area contributed by atoms with E-state index in [2.05, 4.69) is 16.0 Å². The molecular formula is C14H19N3O2. The average Bonchev–Trinajstić information content (AvgIpc) is 2.48. The Morgan fingerprint density at radius 1 is 1.32 bits per heavy atom. The molecule has 1 aromatic carbocycles. The van der Waals surface area contributed by atoms with Gasteiger partial charge in [-0.2, -0.15) is 0 Å². The Bertz CT molecular complexity index is 468. The van der Waals surface area contributed by atoms with Crippen molar-refractivity contribution in [1.82, 2.24) is 10.6 Å². The minimum Gasteiger partial charge on any atom is -0.355 e. The van der Waals surface area contributed by atoms with Crippen molar-refractivity contribution >= 4 is 17.5 Å². The summed E-state index contributed by atoms with van der Waals surface area (Å²) in [4.78, 5) is 23.9. The predicted molar refractivity (Wildman–Crippen MR) is 74.1 cm³/mol. The zero-order valence-corrected chi connectivity index (χ0v) is 11.0. The van der Waals surface area contributed by atoms with Crippen molar-refractivity contribution in [3.63, 3.8) is 0 Å². The maximum Gasteiger partial charge on any atom is 0.253 e. The third-order valence-electron chi connectivity index (χ3n) is 3.32. The normalized spacial score (nSPS) is 18.7. The number of carbonyl (C=O) groups is 2. The lowest BCUT2D eigenvalue weighted by atomic mass is 9.98. The second kappa shape index (κ2) is 6.33. The van der Waals surface area contributed by atoms with Gasteiger partial charge in [-0.1, -0.05) is 12.1 Å². The lowest BCUT2D eigenvalue weighted by molar-refractivity contribution is -0.120. The smallest absolute Gasteiger partial charge is 0.253 e. The van der Waals surface area contributed by atoms with Crippen LogP contribution in [0.25, 0.3) is 0 Å². The first kappa shape index (κ1) is 13.5. The second-order valence-electron chi connectivity index (χ2n) is 4.66. The SMILES string of the molecule is CNC(=O)c1ccccc1NC(=O)[C@H]1CCCNC1. The van der Waals surface area contributed by atoms with Gasteiger partial charge in [0.25, 0.3) is 5.91 Å². The predicted octanol–water partition coefficient (Wildman–Crippen LogP) is 0.984. The van der Waals surface area contributed by atoms with Crippen molar-refractivity contribution in [2.24, 2.45) is 5.92 Å². The van der Waals surface area contributed by atoms with E-state index >= 15 is 0 Å². The maximum atomic E-state index is 12.1. The van der Waals surface area contributed by atoms with E-state index in [9.17, 15) is 9.59 Å². The van der Waals surface area contributed by atoms with Gasteiger partial charge < -0.3 is 16.0 Å². The molecular weight excluding hydrogens is 242 g/mol. The minimum absolute atomic E-state index is 0.0218. The number of benzene rings is 1. The molecule has 0 aliphatic carbocycles. The molecule has 0 bridgehead atoms. The number of carbonyl (C=O) groups excluding carboxylic acids is 2. The zero-order chi connectivity index (χ0) is 13.7. The molecule has 1 fully saturated rings. The van der Waals surface area contributed by atoms with E-state index in [-0.39, 0.29) is 17.7 Å².